The molecule has 0 aromatic heterocycles. The molecule has 0 saturated carbocycles. The highest BCUT2D eigenvalue weighted by atomic mass is 35.5. The largest absolute Gasteiger partial charge is 0.481 e. The zero-order chi connectivity index (χ0) is 16.2. The molecule has 1 aromatic rings. The summed E-state index contributed by atoms with van der Waals surface area (Å²) < 4.78 is 0. The van der Waals surface area contributed by atoms with Crippen molar-refractivity contribution in [1.82, 2.24) is 5.32 Å². The van der Waals surface area contributed by atoms with E-state index in [9.17, 15) is 29.8 Å². The predicted molar refractivity (Wildman–Crippen MR) is 69.3 cm³/mol. The van der Waals surface area contributed by atoms with Gasteiger partial charge in [-0.2, -0.15) is 0 Å². The molecule has 2 N–H and O–H groups in total. The molecule has 11 heteroatoms. The number of halogens is 1. The molecule has 21 heavy (non-hydrogen) atoms. The number of benzene rings is 1. The Morgan fingerprint density at radius 2 is 1.67 bits per heavy atom. The fourth-order valence-electron chi connectivity index (χ4n) is 1.38. The molecule has 1 rings (SSSR count). The van der Waals surface area contributed by atoms with Crippen molar-refractivity contribution in [2.24, 2.45) is 0 Å². The summed E-state index contributed by atoms with van der Waals surface area (Å²) in [5.41, 5.74) is -1.92. The number of amides is 1. The van der Waals surface area contributed by atoms with Gasteiger partial charge in [0.15, 0.2) is 5.02 Å². The maximum Gasteiger partial charge on any atom is 0.305 e. The van der Waals surface area contributed by atoms with E-state index in [0.29, 0.717) is 0 Å². The van der Waals surface area contributed by atoms with Gasteiger partial charge < -0.3 is 10.4 Å². The molecule has 0 aliphatic rings. The number of aliphatic carboxylic acids is 1. The van der Waals surface area contributed by atoms with Crippen LogP contribution < -0.4 is 5.32 Å². The minimum Gasteiger partial charge on any atom is -0.481 e. The highest BCUT2D eigenvalue weighted by Crippen LogP contribution is 2.34. The van der Waals surface area contributed by atoms with E-state index in [1.54, 1.807) is 0 Å². The van der Waals surface area contributed by atoms with Gasteiger partial charge in [0.1, 0.15) is 0 Å². The number of hydrogen-bond donors (Lipinski definition) is 2. The maximum atomic E-state index is 11.7. The topological polar surface area (TPSA) is 153 Å². The number of nitro groups is 2. The Bertz CT molecular complexity index is 596. The molecule has 0 fully saturated rings. The molecule has 112 valence electrons. The Hall–Kier alpha value is -2.75. The summed E-state index contributed by atoms with van der Waals surface area (Å²) in [6, 6.07) is 1.57. The van der Waals surface area contributed by atoms with Gasteiger partial charge in [-0.1, -0.05) is 11.6 Å². The van der Waals surface area contributed by atoms with Gasteiger partial charge in [-0.15, -0.1) is 0 Å². The van der Waals surface area contributed by atoms with E-state index in [0.717, 1.165) is 12.1 Å². The lowest BCUT2D eigenvalue weighted by molar-refractivity contribution is -0.393. The fraction of sp³-hybridized carbons (Fsp3) is 0.200. The average Bonchev–Trinajstić information content (AvgIpc) is 2.37. The van der Waals surface area contributed by atoms with E-state index in [-0.39, 0.29) is 18.5 Å². The van der Waals surface area contributed by atoms with E-state index in [4.69, 9.17) is 16.7 Å². The van der Waals surface area contributed by atoms with E-state index < -0.39 is 38.1 Å². The second kappa shape index (κ2) is 6.61. The molecule has 0 heterocycles. The third kappa shape index (κ3) is 4.11. The van der Waals surface area contributed by atoms with Crippen LogP contribution in [0, 0.1) is 20.2 Å². The lowest BCUT2D eigenvalue weighted by Crippen LogP contribution is -2.26. The van der Waals surface area contributed by atoms with Crippen LogP contribution in [0.15, 0.2) is 12.1 Å². The van der Waals surface area contributed by atoms with E-state index in [2.05, 4.69) is 5.32 Å². The van der Waals surface area contributed by atoms with Crippen molar-refractivity contribution in [3.8, 4) is 0 Å². The van der Waals surface area contributed by atoms with Crippen LogP contribution in [0.5, 0.6) is 0 Å². The molecular weight excluding hydrogens is 310 g/mol. The molecule has 0 aliphatic heterocycles. The summed E-state index contributed by atoms with van der Waals surface area (Å²) in [6.07, 6.45) is -0.358. The van der Waals surface area contributed by atoms with Gasteiger partial charge in [-0.05, 0) is 0 Å². The molecule has 0 unspecified atom stereocenters. The SMILES string of the molecule is O=C(O)CCNC(=O)c1cc([N+](=O)[O-])c(Cl)c([N+](=O)[O-])c1. The van der Waals surface area contributed by atoms with Crippen LogP contribution in [0.2, 0.25) is 5.02 Å². The number of hydrogen-bond acceptors (Lipinski definition) is 6. The number of nitrogens with zero attached hydrogens (tertiary/aromatic N) is 2. The first-order valence-corrected chi connectivity index (χ1v) is 5.74. The van der Waals surface area contributed by atoms with E-state index in [1.807, 2.05) is 0 Å². The molecular formula is C10H8ClN3O7. The second-order valence-corrected chi connectivity index (χ2v) is 4.12. The van der Waals surface area contributed by atoms with Crippen LogP contribution in [0.3, 0.4) is 0 Å². The summed E-state index contributed by atoms with van der Waals surface area (Å²) in [5.74, 6) is -2.03. The number of carbonyl (C=O) groups excluding carboxylic acids is 1. The zero-order valence-corrected chi connectivity index (χ0v) is 11.0. The quantitative estimate of drug-likeness (QED) is 0.593. The molecule has 1 aromatic carbocycles. The summed E-state index contributed by atoms with van der Waals surface area (Å²) >= 11 is 5.53. The number of rotatable bonds is 6. The minimum absolute atomic E-state index is 0.224. The van der Waals surface area contributed by atoms with E-state index >= 15 is 0 Å². The third-order valence-corrected chi connectivity index (χ3v) is 2.70. The molecule has 0 saturated heterocycles. The van der Waals surface area contributed by atoms with E-state index in [1.165, 1.54) is 0 Å². The van der Waals surface area contributed by atoms with Crippen molar-refractivity contribution in [3.63, 3.8) is 0 Å². The average molecular weight is 318 g/mol. The van der Waals surface area contributed by atoms with Gasteiger partial charge in [-0.25, -0.2) is 0 Å². The highest BCUT2D eigenvalue weighted by Gasteiger charge is 2.27. The Morgan fingerprint density at radius 1 is 1.19 bits per heavy atom. The number of carboxylic acids is 1. The van der Waals surface area contributed by atoms with Crippen molar-refractivity contribution in [2.45, 2.75) is 6.42 Å². The molecule has 10 nitrogen and oxygen atoms in total. The van der Waals surface area contributed by atoms with Gasteiger partial charge >= 0.3 is 5.97 Å². The Kier molecular flexibility index (Phi) is 5.13. The Labute approximate surface area is 121 Å². The summed E-state index contributed by atoms with van der Waals surface area (Å²) in [4.78, 5) is 41.6. The number of carbonyl (C=O) groups is 2. The minimum atomic E-state index is -1.15. The zero-order valence-electron chi connectivity index (χ0n) is 10.2. The van der Waals surface area contributed by atoms with Gasteiger partial charge in [0, 0.05) is 18.7 Å². The van der Waals surface area contributed by atoms with Crippen molar-refractivity contribution in [2.75, 3.05) is 6.54 Å². The molecule has 0 bridgehead atoms. The van der Waals surface area contributed by atoms with Gasteiger partial charge in [0.05, 0.1) is 21.8 Å². The molecule has 1 amide bonds. The standard InChI is InChI=1S/C10H8ClN3O7/c11-9-6(13(18)19)3-5(4-7(9)14(20)21)10(17)12-2-1-8(15)16/h3-4H,1-2H2,(H,12,17)(H,15,16). The first-order valence-electron chi connectivity index (χ1n) is 5.36. The lowest BCUT2D eigenvalue weighted by Gasteiger charge is -2.05. The first kappa shape index (κ1) is 16.3. The van der Waals surface area contributed by atoms with Crippen molar-refractivity contribution >= 4 is 34.9 Å². The third-order valence-electron chi connectivity index (χ3n) is 2.31. The fourth-order valence-corrected chi connectivity index (χ4v) is 1.62. The van der Waals surface area contributed by atoms with Crippen LogP contribution in [0.25, 0.3) is 0 Å². The smallest absolute Gasteiger partial charge is 0.305 e. The number of carboxylic acid groups (broad SMARTS) is 1. The van der Waals surface area contributed by atoms with Crippen molar-refractivity contribution in [3.05, 3.63) is 42.9 Å². The van der Waals surface area contributed by atoms with Crippen LogP contribution in [-0.2, 0) is 4.79 Å². The van der Waals surface area contributed by atoms with Crippen LogP contribution >= 0.6 is 11.6 Å². The summed E-state index contributed by atoms with van der Waals surface area (Å²) in [7, 11) is 0. The van der Waals surface area contributed by atoms with Gasteiger partial charge in [0.25, 0.3) is 17.3 Å². The maximum absolute atomic E-state index is 11.7. The summed E-state index contributed by atoms with van der Waals surface area (Å²) in [6.45, 7) is -0.224. The van der Waals surface area contributed by atoms with Crippen LogP contribution in [-0.4, -0.2) is 33.4 Å². The van der Waals surface area contributed by atoms with Gasteiger partial charge in [0.2, 0.25) is 0 Å². The number of nitrogens with one attached hydrogen (secondary N) is 1. The van der Waals surface area contributed by atoms with Gasteiger partial charge in [-0.3, -0.25) is 29.8 Å². The lowest BCUT2D eigenvalue weighted by atomic mass is 10.1. The van der Waals surface area contributed by atoms with Crippen molar-refractivity contribution in [1.29, 1.82) is 0 Å². The van der Waals surface area contributed by atoms with Crippen LogP contribution in [0.1, 0.15) is 16.8 Å². The molecule has 0 spiro atoms. The second-order valence-electron chi connectivity index (χ2n) is 3.74. The monoisotopic (exact) mass is 317 g/mol. The molecule has 0 radical (unpaired) electrons. The highest BCUT2D eigenvalue weighted by molar-refractivity contribution is 6.35. The van der Waals surface area contributed by atoms with Crippen LogP contribution in [0.4, 0.5) is 11.4 Å². The first-order chi connectivity index (χ1) is 9.73. The van der Waals surface area contributed by atoms with Crippen molar-refractivity contribution < 1.29 is 24.5 Å². The molecule has 0 atom stereocenters. The Morgan fingerprint density at radius 3 is 2.05 bits per heavy atom. The summed E-state index contributed by atoms with van der Waals surface area (Å²) in [5, 5.41) is 31.4. The number of nitro benzene ring substituents is 2. The Balaban J connectivity index is 3.12. The molecule has 0 aliphatic carbocycles. The predicted octanol–water partition coefficient (Wildman–Crippen LogP) is 1.36. The normalized spacial score (nSPS) is 9.95.